The number of aldehydes is 1. The van der Waals surface area contributed by atoms with Crippen molar-refractivity contribution in [3.63, 3.8) is 0 Å². The number of methoxy groups -OCH3 is 1. The van der Waals surface area contributed by atoms with Crippen LogP contribution in [0.1, 0.15) is 10.5 Å². The number of rotatable bonds is 2. The summed E-state index contributed by atoms with van der Waals surface area (Å²) in [4.78, 5) is 13.7. The molecule has 0 aliphatic rings. The number of carbonyl (C=O) groups excluding carboxylic acids is 1. The third kappa shape index (κ3) is 1.39. The average Bonchev–Trinajstić information content (AvgIpc) is 2.55. The number of aromatic amines is 1. The number of carbonyl (C=O) groups is 1. The number of hydrogen-bond donors (Lipinski definition) is 1. The van der Waals surface area contributed by atoms with Gasteiger partial charge in [-0.1, -0.05) is 0 Å². The molecule has 0 spiro atoms. The van der Waals surface area contributed by atoms with Crippen LogP contribution in [-0.4, -0.2) is 18.4 Å². The van der Waals surface area contributed by atoms with E-state index >= 15 is 0 Å². The summed E-state index contributed by atoms with van der Waals surface area (Å²) < 4.78 is 6.05. The van der Waals surface area contributed by atoms with Crippen molar-refractivity contribution in [3.8, 4) is 5.75 Å². The number of aromatic nitrogens is 1. The largest absolute Gasteiger partial charge is 0.497 e. The van der Waals surface area contributed by atoms with E-state index < -0.39 is 0 Å². The number of hydrogen-bond acceptors (Lipinski definition) is 2. The van der Waals surface area contributed by atoms with Gasteiger partial charge < -0.3 is 9.72 Å². The predicted molar refractivity (Wildman–Crippen MR) is 63.0 cm³/mol. The zero-order chi connectivity index (χ0) is 10.1. The maximum atomic E-state index is 10.7. The quantitative estimate of drug-likeness (QED) is 0.684. The van der Waals surface area contributed by atoms with Gasteiger partial charge in [0.1, 0.15) is 5.75 Å². The second-order valence-electron chi connectivity index (χ2n) is 2.88. The Morgan fingerprint density at radius 1 is 1.50 bits per heavy atom. The molecular formula is C10H8INO2. The summed E-state index contributed by atoms with van der Waals surface area (Å²) in [5.41, 5.74) is 1.55. The molecule has 0 radical (unpaired) electrons. The zero-order valence-corrected chi connectivity index (χ0v) is 9.66. The third-order valence-electron chi connectivity index (χ3n) is 2.09. The standard InChI is InChI=1S/C10H8INO2/c1-14-6-2-3-7-8(4-6)12-9(5-13)10(7)11/h2-5,12H,1H3. The summed E-state index contributed by atoms with van der Waals surface area (Å²) in [7, 11) is 1.62. The Balaban J connectivity index is 2.72. The van der Waals surface area contributed by atoms with E-state index in [0.29, 0.717) is 5.69 Å². The Kier molecular flexibility index (Phi) is 2.45. The van der Waals surface area contributed by atoms with Crippen LogP contribution in [0, 0.1) is 3.57 Å². The first-order chi connectivity index (χ1) is 6.76. The lowest BCUT2D eigenvalue weighted by Gasteiger charge is -1.98. The molecule has 1 aromatic carbocycles. The van der Waals surface area contributed by atoms with E-state index in [1.807, 2.05) is 18.2 Å². The second-order valence-corrected chi connectivity index (χ2v) is 3.96. The van der Waals surface area contributed by atoms with Gasteiger partial charge in [0.25, 0.3) is 0 Å². The molecule has 0 aliphatic carbocycles. The summed E-state index contributed by atoms with van der Waals surface area (Å²) >= 11 is 2.15. The van der Waals surface area contributed by atoms with Crippen molar-refractivity contribution in [1.82, 2.24) is 4.98 Å². The first kappa shape index (κ1) is 9.51. The normalized spacial score (nSPS) is 10.4. The summed E-state index contributed by atoms with van der Waals surface area (Å²) in [6, 6.07) is 5.71. The minimum Gasteiger partial charge on any atom is -0.497 e. The molecule has 14 heavy (non-hydrogen) atoms. The van der Waals surface area contributed by atoms with Crippen molar-refractivity contribution < 1.29 is 9.53 Å². The minimum absolute atomic E-state index is 0.619. The van der Waals surface area contributed by atoms with Crippen LogP contribution in [0.5, 0.6) is 5.75 Å². The number of fused-ring (bicyclic) bond motifs is 1. The number of ether oxygens (including phenoxy) is 1. The van der Waals surface area contributed by atoms with Crippen LogP contribution in [0.25, 0.3) is 10.9 Å². The molecule has 0 aliphatic heterocycles. The van der Waals surface area contributed by atoms with E-state index in [2.05, 4.69) is 27.6 Å². The van der Waals surface area contributed by atoms with Gasteiger partial charge in [-0.2, -0.15) is 0 Å². The highest BCUT2D eigenvalue weighted by Gasteiger charge is 2.08. The minimum atomic E-state index is 0.619. The summed E-state index contributed by atoms with van der Waals surface area (Å²) in [6.07, 6.45) is 0.828. The molecule has 0 fully saturated rings. The molecule has 0 saturated heterocycles. The molecule has 0 atom stereocenters. The van der Waals surface area contributed by atoms with E-state index in [9.17, 15) is 4.79 Å². The van der Waals surface area contributed by atoms with Gasteiger partial charge in [0.05, 0.1) is 18.3 Å². The summed E-state index contributed by atoms with van der Waals surface area (Å²) in [5, 5.41) is 1.05. The van der Waals surface area contributed by atoms with Crippen molar-refractivity contribution in [2.75, 3.05) is 7.11 Å². The fourth-order valence-corrected chi connectivity index (χ4v) is 2.10. The van der Waals surface area contributed by atoms with Crippen LogP contribution in [0.4, 0.5) is 0 Å². The van der Waals surface area contributed by atoms with Gasteiger partial charge in [-0.15, -0.1) is 0 Å². The first-order valence-electron chi connectivity index (χ1n) is 4.06. The molecule has 4 heteroatoms. The lowest BCUT2D eigenvalue weighted by atomic mass is 10.2. The van der Waals surface area contributed by atoms with Gasteiger partial charge in [-0.3, -0.25) is 4.79 Å². The highest BCUT2D eigenvalue weighted by Crippen LogP contribution is 2.26. The molecule has 2 rings (SSSR count). The van der Waals surface area contributed by atoms with Crippen molar-refractivity contribution >= 4 is 39.8 Å². The second kappa shape index (κ2) is 3.61. The number of nitrogens with one attached hydrogen (secondary N) is 1. The lowest BCUT2D eigenvalue weighted by molar-refractivity contribution is 0.111. The van der Waals surface area contributed by atoms with Crippen molar-refractivity contribution in [1.29, 1.82) is 0 Å². The Labute approximate surface area is 94.6 Å². The van der Waals surface area contributed by atoms with Crippen LogP contribution >= 0.6 is 22.6 Å². The van der Waals surface area contributed by atoms with E-state index in [1.165, 1.54) is 0 Å². The molecular weight excluding hydrogens is 293 g/mol. The van der Waals surface area contributed by atoms with Crippen LogP contribution in [0.15, 0.2) is 18.2 Å². The molecule has 1 heterocycles. The Morgan fingerprint density at radius 3 is 2.93 bits per heavy atom. The van der Waals surface area contributed by atoms with Crippen molar-refractivity contribution in [2.45, 2.75) is 0 Å². The molecule has 0 bridgehead atoms. The maximum Gasteiger partial charge on any atom is 0.167 e. The Morgan fingerprint density at radius 2 is 2.29 bits per heavy atom. The van der Waals surface area contributed by atoms with Crippen LogP contribution in [-0.2, 0) is 0 Å². The number of halogens is 1. The average molecular weight is 301 g/mol. The number of H-pyrrole nitrogens is 1. The van der Waals surface area contributed by atoms with Gasteiger partial charge in [-0.05, 0) is 34.7 Å². The van der Waals surface area contributed by atoms with Crippen molar-refractivity contribution in [3.05, 3.63) is 27.5 Å². The smallest absolute Gasteiger partial charge is 0.167 e. The van der Waals surface area contributed by atoms with E-state index in [0.717, 1.165) is 26.5 Å². The van der Waals surface area contributed by atoms with Crippen LogP contribution in [0.2, 0.25) is 0 Å². The van der Waals surface area contributed by atoms with Crippen LogP contribution in [0.3, 0.4) is 0 Å². The molecule has 1 aromatic heterocycles. The van der Waals surface area contributed by atoms with E-state index in [-0.39, 0.29) is 0 Å². The SMILES string of the molecule is COc1ccc2c(I)c(C=O)[nH]c2c1. The summed E-state index contributed by atoms with van der Waals surface area (Å²) in [5.74, 6) is 0.785. The van der Waals surface area contributed by atoms with Gasteiger partial charge in [-0.25, -0.2) is 0 Å². The van der Waals surface area contributed by atoms with Gasteiger partial charge in [0, 0.05) is 15.0 Å². The molecule has 3 nitrogen and oxygen atoms in total. The first-order valence-corrected chi connectivity index (χ1v) is 5.14. The molecule has 2 aromatic rings. The van der Waals surface area contributed by atoms with Crippen LogP contribution < -0.4 is 4.74 Å². The number of benzene rings is 1. The Hall–Kier alpha value is -1.04. The van der Waals surface area contributed by atoms with Gasteiger partial charge >= 0.3 is 0 Å². The van der Waals surface area contributed by atoms with Crippen molar-refractivity contribution in [2.24, 2.45) is 0 Å². The fraction of sp³-hybridized carbons (Fsp3) is 0.100. The summed E-state index contributed by atoms with van der Waals surface area (Å²) in [6.45, 7) is 0. The lowest BCUT2D eigenvalue weighted by Crippen LogP contribution is -1.81. The molecule has 72 valence electrons. The highest BCUT2D eigenvalue weighted by atomic mass is 127. The maximum absolute atomic E-state index is 10.7. The Bertz CT molecular complexity index is 490. The van der Waals surface area contributed by atoms with E-state index in [1.54, 1.807) is 7.11 Å². The monoisotopic (exact) mass is 301 g/mol. The topological polar surface area (TPSA) is 42.1 Å². The third-order valence-corrected chi connectivity index (χ3v) is 3.25. The highest BCUT2D eigenvalue weighted by molar-refractivity contribution is 14.1. The molecule has 0 saturated carbocycles. The fourth-order valence-electron chi connectivity index (χ4n) is 1.37. The van der Waals surface area contributed by atoms with Gasteiger partial charge in [0.2, 0.25) is 0 Å². The molecule has 1 N–H and O–H groups in total. The molecule has 0 unspecified atom stereocenters. The molecule has 0 amide bonds. The zero-order valence-electron chi connectivity index (χ0n) is 7.50. The van der Waals surface area contributed by atoms with E-state index in [4.69, 9.17) is 4.74 Å². The van der Waals surface area contributed by atoms with Gasteiger partial charge in [0.15, 0.2) is 6.29 Å². The predicted octanol–water partition coefficient (Wildman–Crippen LogP) is 2.59.